The fourth-order valence-electron chi connectivity index (χ4n) is 3.83. The van der Waals surface area contributed by atoms with Gasteiger partial charge in [-0.2, -0.15) is 4.31 Å². The van der Waals surface area contributed by atoms with E-state index in [0.717, 1.165) is 29.1 Å². The van der Waals surface area contributed by atoms with Gasteiger partial charge in [-0.25, -0.2) is 13.2 Å². The van der Waals surface area contributed by atoms with Gasteiger partial charge in [0.15, 0.2) is 0 Å². The molecule has 4 rings (SSSR count). The number of sulfonamides is 1. The predicted octanol–water partition coefficient (Wildman–Crippen LogP) is 3.81. The lowest BCUT2D eigenvalue weighted by molar-refractivity contribution is 0.0685. The summed E-state index contributed by atoms with van der Waals surface area (Å²) in [5.74, 6) is 0.287. The van der Waals surface area contributed by atoms with Crippen molar-refractivity contribution in [1.29, 1.82) is 0 Å². The van der Waals surface area contributed by atoms with Crippen LogP contribution in [-0.2, 0) is 21.2 Å². The lowest BCUT2D eigenvalue weighted by Crippen LogP contribution is -2.52. The Kier molecular flexibility index (Phi) is 5.12. The maximum atomic E-state index is 13.4. The van der Waals surface area contributed by atoms with E-state index in [-0.39, 0.29) is 10.8 Å². The first kappa shape index (κ1) is 19.0. The predicted molar refractivity (Wildman–Crippen MR) is 108 cm³/mol. The number of para-hydroxylation sites is 1. The van der Waals surface area contributed by atoms with Gasteiger partial charge in [0.2, 0.25) is 0 Å². The summed E-state index contributed by atoms with van der Waals surface area (Å²) < 4.78 is 33.0. The summed E-state index contributed by atoms with van der Waals surface area (Å²) in [6, 6.07) is 13.4. The van der Waals surface area contributed by atoms with Gasteiger partial charge >= 0.3 is 6.03 Å². The van der Waals surface area contributed by atoms with E-state index in [1.807, 2.05) is 13.0 Å². The second-order valence-electron chi connectivity index (χ2n) is 7.21. The molecule has 0 bridgehead atoms. The molecule has 2 aromatic carbocycles. The monoisotopic (exact) mass is 400 g/mol. The van der Waals surface area contributed by atoms with Crippen molar-refractivity contribution < 1.29 is 17.9 Å². The minimum absolute atomic E-state index is 0.170. The van der Waals surface area contributed by atoms with E-state index in [0.29, 0.717) is 31.1 Å². The molecule has 28 heavy (non-hydrogen) atoms. The van der Waals surface area contributed by atoms with Crippen LogP contribution in [0.5, 0.6) is 0 Å². The van der Waals surface area contributed by atoms with E-state index >= 15 is 0 Å². The number of ether oxygens (including phenoxy) is 1. The first-order valence-electron chi connectivity index (χ1n) is 9.65. The molecule has 2 aliphatic rings. The zero-order valence-corrected chi connectivity index (χ0v) is 16.7. The third-order valence-electron chi connectivity index (χ3n) is 5.41. The maximum absolute atomic E-state index is 13.4. The Labute approximate surface area is 165 Å². The van der Waals surface area contributed by atoms with Crippen LogP contribution < -0.4 is 9.21 Å². The quantitative estimate of drug-likeness (QED) is 0.783. The second kappa shape index (κ2) is 7.56. The van der Waals surface area contributed by atoms with Crippen molar-refractivity contribution >= 4 is 27.4 Å². The first-order chi connectivity index (χ1) is 13.5. The lowest BCUT2D eigenvalue weighted by Gasteiger charge is -2.38. The van der Waals surface area contributed by atoms with Crippen LogP contribution in [-0.4, -0.2) is 34.2 Å². The molecular weight excluding hydrogens is 376 g/mol. The molecule has 148 valence electrons. The third-order valence-corrected chi connectivity index (χ3v) is 7.16. The van der Waals surface area contributed by atoms with Crippen LogP contribution >= 0.6 is 0 Å². The Morgan fingerprint density at radius 2 is 1.82 bits per heavy atom. The van der Waals surface area contributed by atoms with Gasteiger partial charge in [0, 0.05) is 19.8 Å². The summed E-state index contributed by atoms with van der Waals surface area (Å²) in [6.07, 6.45) is 2.49. The van der Waals surface area contributed by atoms with E-state index in [2.05, 4.69) is 0 Å². The molecule has 1 saturated heterocycles. The van der Waals surface area contributed by atoms with E-state index in [1.54, 1.807) is 47.4 Å². The highest BCUT2D eigenvalue weighted by Gasteiger charge is 2.43. The van der Waals surface area contributed by atoms with Crippen molar-refractivity contribution in [3.63, 3.8) is 0 Å². The Bertz CT molecular complexity index is 983. The van der Waals surface area contributed by atoms with Gasteiger partial charge in [-0.15, -0.1) is 0 Å². The van der Waals surface area contributed by atoms with Crippen LogP contribution in [0.1, 0.15) is 25.3 Å². The van der Waals surface area contributed by atoms with Crippen molar-refractivity contribution in [3.8, 4) is 0 Å². The number of hydrogen-bond acceptors (Lipinski definition) is 4. The van der Waals surface area contributed by atoms with Crippen molar-refractivity contribution in [2.45, 2.75) is 31.1 Å². The standard InChI is InChI=1S/C21H24N2O4S/c1-2-16-6-5-7-18(14-16)23-21(24)22(15-17-10-12-27-13-11-17)19-8-3-4-9-20(19)28(23,25)26/h3-9,14,17H,2,10-13,15H2,1H3. The molecule has 0 aliphatic carbocycles. The largest absolute Gasteiger partial charge is 0.381 e. The van der Waals surface area contributed by atoms with E-state index in [9.17, 15) is 13.2 Å². The summed E-state index contributed by atoms with van der Waals surface area (Å²) in [5.41, 5.74) is 1.83. The van der Waals surface area contributed by atoms with E-state index in [4.69, 9.17) is 4.74 Å². The van der Waals surface area contributed by atoms with Gasteiger partial charge in [-0.1, -0.05) is 31.2 Å². The molecule has 2 aliphatic heterocycles. The highest BCUT2D eigenvalue weighted by molar-refractivity contribution is 7.94. The molecule has 0 saturated carbocycles. The van der Waals surface area contributed by atoms with Crippen LogP contribution in [0.15, 0.2) is 53.4 Å². The summed E-state index contributed by atoms with van der Waals surface area (Å²) in [4.78, 5) is 15.2. The fraction of sp³-hybridized carbons (Fsp3) is 0.381. The molecule has 7 heteroatoms. The number of aryl methyl sites for hydroxylation is 1. The number of fused-ring (bicyclic) bond motifs is 1. The number of carbonyl (C=O) groups is 1. The number of amides is 2. The maximum Gasteiger partial charge on any atom is 0.343 e. The van der Waals surface area contributed by atoms with Gasteiger partial charge < -0.3 is 4.74 Å². The fourth-order valence-corrected chi connectivity index (χ4v) is 5.41. The average Bonchev–Trinajstić information content (AvgIpc) is 2.72. The van der Waals surface area contributed by atoms with Crippen molar-refractivity contribution in [2.24, 2.45) is 5.92 Å². The highest BCUT2D eigenvalue weighted by atomic mass is 32.2. The third kappa shape index (κ3) is 3.29. The molecule has 0 radical (unpaired) electrons. The van der Waals surface area contributed by atoms with Crippen molar-refractivity contribution in [1.82, 2.24) is 0 Å². The molecule has 2 amide bonds. The molecule has 0 N–H and O–H groups in total. The van der Waals surface area contributed by atoms with Gasteiger partial charge in [0.1, 0.15) is 4.90 Å². The van der Waals surface area contributed by atoms with E-state index < -0.39 is 16.1 Å². The Balaban J connectivity index is 1.80. The van der Waals surface area contributed by atoms with Gasteiger partial charge in [-0.3, -0.25) is 4.90 Å². The zero-order chi connectivity index (χ0) is 19.7. The molecule has 0 unspecified atom stereocenters. The Hall–Kier alpha value is -2.38. The smallest absolute Gasteiger partial charge is 0.343 e. The summed E-state index contributed by atoms with van der Waals surface area (Å²) >= 11 is 0. The summed E-state index contributed by atoms with van der Waals surface area (Å²) in [7, 11) is -3.97. The second-order valence-corrected chi connectivity index (χ2v) is 8.96. The molecule has 0 atom stereocenters. The topological polar surface area (TPSA) is 66.9 Å². The molecule has 2 heterocycles. The van der Waals surface area contributed by atoms with Crippen LogP contribution in [0.2, 0.25) is 0 Å². The number of benzene rings is 2. The van der Waals surface area contributed by atoms with Gasteiger partial charge in [0.25, 0.3) is 10.0 Å². The highest BCUT2D eigenvalue weighted by Crippen LogP contribution is 2.38. The summed E-state index contributed by atoms with van der Waals surface area (Å²) in [5, 5.41) is 0. The van der Waals surface area contributed by atoms with Crippen molar-refractivity contribution in [2.75, 3.05) is 29.0 Å². The molecule has 1 fully saturated rings. The number of urea groups is 1. The Morgan fingerprint density at radius 3 is 2.57 bits per heavy atom. The van der Waals surface area contributed by atoms with Crippen molar-refractivity contribution in [3.05, 3.63) is 54.1 Å². The Morgan fingerprint density at radius 1 is 1.07 bits per heavy atom. The number of rotatable bonds is 4. The average molecular weight is 401 g/mol. The molecular formula is C21H24N2O4S. The van der Waals surface area contributed by atoms with Gasteiger partial charge in [-0.05, 0) is 55.0 Å². The molecule has 0 spiro atoms. The molecule has 0 aromatic heterocycles. The van der Waals surface area contributed by atoms with E-state index in [1.165, 1.54) is 0 Å². The van der Waals surface area contributed by atoms with Crippen LogP contribution in [0, 0.1) is 5.92 Å². The minimum atomic E-state index is -3.97. The van der Waals surface area contributed by atoms with Crippen LogP contribution in [0.4, 0.5) is 16.2 Å². The van der Waals surface area contributed by atoms with Gasteiger partial charge in [0.05, 0.1) is 11.4 Å². The normalized spacial score (nSPS) is 19.5. The SMILES string of the molecule is CCc1cccc(N2C(=O)N(CC3CCOCC3)c3ccccc3S2(=O)=O)c1. The number of anilines is 2. The van der Waals surface area contributed by atoms with Crippen LogP contribution in [0.3, 0.4) is 0 Å². The van der Waals surface area contributed by atoms with Crippen LogP contribution in [0.25, 0.3) is 0 Å². The first-order valence-corrected chi connectivity index (χ1v) is 11.1. The minimum Gasteiger partial charge on any atom is -0.381 e. The zero-order valence-electron chi connectivity index (χ0n) is 15.9. The molecule has 2 aromatic rings. The summed E-state index contributed by atoms with van der Waals surface area (Å²) in [6.45, 7) is 3.83. The molecule has 6 nitrogen and oxygen atoms in total. The number of nitrogens with zero attached hydrogens (tertiary/aromatic N) is 2. The lowest BCUT2D eigenvalue weighted by atomic mass is 9.99. The number of hydrogen-bond donors (Lipinski definition) is 0. The number of carbonyl (C=O) groups excluding carboxylic acids is 1.